The van der Waals surface area contributed by atoms with E-state index in [1.54, 1.807) is 12.1 Å². The Balaban J connectivity index is 2.02. The van der Waals surface area contributed by atoms with Gasteiger partial charge in [-0.2, -0.15) is 13.2 Å². The smallest absolute Gasteiger partial charge is 0.393 e. The highest BCUT2D eigenvalue weighted by atomic mass is 32.2. The van der Waals surface area contributed by atoms with Gasteiger partial charge in [0.05, 0.1) is 11.9 Å². The van der Waals surface area contributed by atoms with Crippen LogP contribution in [0.3, 0.4) is 0 Å². The average Bonchev–Trinajstić information content (AvgIpc) is 2.41. The number of aliphatic hydroxyl groups excluding tert-OH is 1. The Bertz CT molecular complexity index is 457. The van der Waals surface area contributed by atoms with Crippen LogP contribution in [0.25, 0.3) is 0 Å². The Labute approximate surface area is 121 Å². The third-order valence-electron chi connectivity index (χ3n) is 4.46. The summed E-state index contributed by atoms with van der Waals surface area (Å²) in [5.74, 6) is -0.564. The predicted octanol–water partition coefficient (Wildman–Crippen LogP) is 4.61. The van der Waals surface area contributed by atoms with Crippen LogP contribution in [0, 0.1) is 5.41 Å². The van der Waals surface area contributed by atoms with Crippen LogP contribution in [0.15, 0.2) is 29.2 Å². The first-order valence-corrected chi connectivity index (χ1v) is 7.72. The Morgan fingerprint density at radius 2 is 1.90 bits per heavy atom. The zero-order chi connectivity index (χ0) is 15.0. The van der Waals surface area contributed by atoms with Gasteiger partial charge in [-0.15, -0.1) is 11.8 Å². The van der Waals surface area contributed by atoms with Crippen molar-refractivity contribution >= 4 is 11.8 Å². The normalized spacial score (nSPS) is 30.1. The third kappa shape index (κ3) is 3.14. The second kappa shape index (κ2) is 5.60. The summed E-state index contributed by atoms with van der Waals surface area (Å²) in [7, 11) is 0. The van der Waals surface area contributed by atoms with Gasteiger partial charge in [0.25, 0.3) is 0 Å². The second-order valence-electron chi connectivity index (χ2n) is 5.64. The monoisotopic (exact) mass is 304 g/mol. The largest absolute Gasteiger partial charge is 0.398 e. The molecular formula is C15H19F3OS. The zero-order valence-electron chi connectivity index (χ0n) is 11.6. The van der Waals surface area contributed by atoms with E-state index >= 15 is 0 Å². The molecule has 3 unspecified atom stereocenters. The maximum absolute atomic E-state index is 12.2. The van der Waals surface area contributed by atoms with Crippen molar-refractivity contribution in [2.45, 2.75) is 49.8 Å². The van der Waals surface area contributed by atoms with Gasteiger partial charge in [-0.25, -0.2) is 0 Å². The molecule has 2 rings (SSSR count). The lowest BCUT2D eigenvalue weighted by atomic mass is 9.55. The van der Waals surface area contributed by atoms with Crippen molar-refractivity contribution in [1.82, 2.24) is 0 Å². The number of rotatable bonds is 4. The van der Waals surface area contributed by atoms with Gasteiger partial charge in [0.15, 0.2) is 0 Å². The van der Waals surface area contributed by atoms with Crippen LogP contribution < -0.4 is 0 Å². The molecule has 1 aliphatic rings. The van der Waals surface area contributed by atoms with Gasteiger partial charge in [-0.3, -0.25) is 0 Å². The van der Waals surface area contributed by atoms with Gasteiger partial charge in [-0.1, -0.05) is 26.0 Å². The number of alkyl halides is 3. The molecule has 1 N–H and O–H groups in total. The molecule has 112 valence electrons. The first kappa shape index (κ1) is 15.7. The van der Waals surface area contributed by atoms with Crippen molar-refractivity contribution in [3.8, 4) is 0 Å². The maximum atomic E-state index is 12.2. The maximum Gasteiger partial charge on any atom is 0.398 e. The van der Waals surface area contributed by atoms with E-state index in [0.29, 0.717) is 10.8 Å². The molecule has 1 aromatic rings. The predicted molar refractivity (Wildman–Crippen MR) is 75.0 cm³/mol. The van der Waals surface area contributed by atoms with Crippen LogP contribution in [0.1, 0.15) is 38.2 Å². The summed E-state index contributed by atoms with van der Waals surface area (Å²) in [5.41, 5.74) is 0.997. The molecule has 0 bridgehead atoms. The molecule has 3 atom stereocenters. The quantitative estimate of drug-likeness (QED) is 0.820. The van der Waals surface area contributed by atoms with Gasteiger partial charge in [-0.05, 0) is 36.5 Å². The van der Waals surface area contributed by atoms with E-state index < -0.39 is 11.9 Å². The number of hydrogen-bond acceptors (Lipinski definition) is 2. The molecule has 0 spiro atoms. The molecule has 0 amide bonds. The molecular weight excluding hydrogens is 285 g/mol. The lowest BCUT2D eigenvalue weighted by Crippen LogP contribution is -2.49. The van der Waals surface area contributed by atoms with E-state index in [4.69, 9.17) is 0 Å². The molecule has 0 heterocycles. The molecule has 0 aromatic heterocycles. The summed E-state index contributed by atoms with van der Waals surface area (Å²) in [5, 5.41) is 9.90. The fraction of sp³-hybridized carbons (Fsp3) is 0.600. The molecule has 20 heavy (non-hydrogen) atoms. The van der Waals surface area contributed by atoms with Crippen molar-refractivity contribution in [2.75, 3.05) is 5.75 Å². The Kier molecular flexibility index (Phi) is 4.40. The van der Waals surface area contributed by atoms with Crippen LogP contribution in [0.4, 0.5) is 13.2 Å². The molecule has 0 saturated heterocycles. The fourth-order valence-corrected chi connectivity index (χ4v) is 3.45. The van der Waals surface area contributed by atoms with Crippen LogP contribution in [-0.4, -0.2) is 23.1 Å². The zero-order valence-corrected chi connectivity index (χ0v) is 12.4. The number of halogens is 3. The number of thioether (sulfide) groups is 1. The first-order valence-electron chi connectivity index (χ1n) is 6.74. The van der Waals surface area contributed by atoms with E-state index in [-0.39, 0.29) is 11.5 Å². The minimum atomic E-state index is -4.14. The summed E-state index contributed by atoms with van der Waals surface area (Å²) in [6.07, 6.45) is -2.79. The highest BCUT2D eigenvalue weighted by Crippen LogP contribution is 2.54. The molecule has 1 nitrogen and oxygen atoms in total. The molecule has 0 aliphatic heterocycles. The molecule has 1 aromatic carbocycles. The standard InChI is InChI=1S/C15H19F3OS/c1-3-14(2)12(8-13(14)19)10-4-6-11(7-5-10)20-9-15(16,17)18/h4-7,12-13,19H,3,8-9H2,1-2H3. The summed E-state index contributed by atoms with van der Waals surface area (Å²) in [6.45, 7) is 4.13. The van der Waals surface area contributed by atoms with E-state index in [0.717, 1.165) is 30.2 Å². The van der Waals surface area contributed by atoms with Crippen LogP contribution >= 0.6 is 11.8 Å². The molecule has 0 radical (unpaired) electrons. The third-order valence-corrected chi connectivity index (χ3v) is 5.54. The topological polar surface area (TPSA) is 20.2 Å². The highest BCUT2D eigenvalue weighted by Gasteiger charge is 2.49. The van der Waals surface area contributed by atoms with Crippen LogP contribution in [0.5, 0.6) is 0 Å². The SMILES string of the molecule is CCC1(C)C(O)CC1c1ccc(SCC(F)(F)F)cc1. The van der Waals surface area contributed by atoms with Crippen molar-refractivity contribution < 1.29 is 18.3 Å². The van der Waals surface area contributed by atoms with Gasteiger partial charge in [0.2, 0.25) is 0 Å². The first-order chi connectivity index (χ1) is 9.26. The van der Waals surface area contributed by atoms with Crippen molar-refractivity contribution in [3.63, 3.8) is 0 Å². The van der Waals surface area contributed by atoms with Crippen LogP contribution in [0.2, 0.25) is 0 Å². The van der Waals surface area contributed by atoms with Crippen molar-refractivity contribution in [2.24, 2.45) is 5.41 Å². The van der Waals surface area contributed by atoms with Gasteiger partial charge in [0.1, 0.15) is 0 Å². The second-order valence-corrected chi connectivity index (χ2v) is 6.69. The lowest BCUT2D eigenvalue weighted by Gasteiger charge is -2.51. The molecule has 1 aliphatic carbocycles. The number of aliphatic hydroxyl groups is 1. The summed E-state index contributed by atoms with van der Waals surface area (Å²) in [4.78, 5) is 0.629. The number of benzene rings is 1. The van der Waals surface area contributed by atoms with E-state index in [1.165, 1.54) is 0 Å². The van der Waals surface area contributed by atoms with Crippen molar-refractivity contribution in [1.29, 1.82) is 0 Å². The number of hydrogen-bond donors (Lipinski definition) is 1. The average molecular weight is 304 g/mol. The van der Waals surface area contributed by atoms with Crippen LogP contribution in [-0.2, 0) is 0 Å². The summed E-state index contributed by atoms with van der Waals surface area (Å²) < 4.78 is 36.5. The van der Waals surface area contributed by atoms with E-state index in [2.05, 4.69) is 13.8 Å². The summed E-state index contributed by atoms with van der Waals surface area (Å²) in [6, 6.07) is 7.27. The Morgan fingerprint density at radius 1 is 1.30 bits per heavy atom. The minimum Gasteiger partial charge on any atom is -0.393 e. The molecule has 1 fully saturated rings. The van der Waals surface area contributed by atoms with Crippen molar-refractivity contribution in [3.05, 3.63) is 29.8 Å². The highest BCUT2D eigenvalue weighted by molar-refractivity contribution is 7.99. The van der Waals surface area contributed by atoms with E-state index in [9.17, 15) is 18.3 Å². The summed E-state index contributed by atoms with van der Waals surface area (Å²) >= 11 is 0.805. The Hall–Kier alpha value is -0.680. The molecule has 1 saturated carbocycles. The minimum absolute atomic E-state index is 0.110. The Morgan fingerprint density at radius 3 is 2.35 bits per heavy atom. The van der Waals surface area contributed by atoms with E-state index in [1.807, 2.05) is 12.1 Å². The molecule has 5 heteroatoms. The van der Waals surface area contributed by atoms with Gasteiger partial charge in [0, 0.05) is 10.3 Å². The van der Waals surface area contributed by atoms with Gasteiger partial charge >= 0.3 is 6.18 Å². The van der Waals surface area contributed by atoms with Gasteiger partial charge < -0.3 is 5.11 Å². The lowest BCUT2D eigenvalue weighted by molar-refractivity contribution is -0.105. The fourth-order valence-electron chi connectivity index (χ4n) is 2.79.